The number of hydrogen-bond donors (Lipinski definition) is 0. The Labute approximate surface area is 51.4 Å². The molecule has 0 spiro atoms. The van der Waals surface area contributed by atoms with E-state index in [1.54, 1.807) is 0 Å². The minimum atomic E-state index is -1.82. The Hall–Kier alpha value is 2.12. The molecule has 0 aliphatic rings. The van der Waals surface area contributed by atoms with Crippen LogP contribution in [0.3, 0.4) is 0 Å². The van der Waals surface area contributed by atoms with E-state index in [4.69, 9.17) is 0 Å². The van der Waals surface area contributed by atoms with Gasteiger partial charge in [-0.1, -0.05) is 0 Å². The van der Waals surface area contributed by atoms with Crippen LogP contribution in [0.4, 0.5) is 2.86 Å². The van der Waals surface area contributed by atoms with Gasteiger partial charge < -0.3 is 0 Å². The summed E-state index contributed by atoms with van der Waals surface area (Å²) in [6.45, 7) is 0. The molecule has 4 heteroatoms. The molecule has 0 saturated heterocycles. The Kier molecular flexibility index (Phi) is 5.07. The second-order valence-corrected chi connectivity index (χ2v) is 21.2. The van der Waals surface area contributed by atoms with Crippen molar-refractivity contribution >= 4 is 49.7 Å². The summed E-state index contributed by atoms with van der Waals surface area (Å²) in [6.07, 6.45) is 0. The fourth-order valence-corrected chi connectivity index (χ4v) is 0. The molecular formula is FI3. The molecule has 0 radical (unpaired) electrons. The Morgan fingerprint density at radius 1 is 1.50 bits per heavy atom. The van der Waals surface area contributed by atoms with Gasteiger partial charge in [-0.2, -0.15) is 0 Å². The molecule has 0 rings (SSSR count). The van der Waals surface area contributed by atoms with Gasteiger partial charge in [-0.05, 0) is 0 Å². The average molecular weight is 400 g/mol. The molecule has 28 valence electrons. The summed E-state index contributed by atoms with van der Waals surface area (Å²) in [4.78, 5) is 0. The second kappa shape index (κ2) is 3.32. The van der Waals surface area contributed by atoms with Gasteiger partial charge in [0, 0.05) is 0 Å². The van der Waals surface area contributed by atoms with Gasteiger partial charge in [-0.25, -0.2) is 0 Å². The van der Waals surface area contributed by atoms with Crippen molar-refractivity contribution in [2.45, 2.75) is 0 Å². The monoisotopic (exact) mass is 400 g/mol. The summed E-state index contributed by atoms with van der Waals surface area (Å²) < 4.78 is 11.1. The predicted octanol–water partition coefficient (Wildman–Crippen LogP) is 3.08. The van der Waals surface area contributed by atoms with Gasteiger partial charge in [0.25, 0.3) is 0 Å². The topological polar surface area (TPSA) is 0 Å². The van der Waals surface area contributed by atoms with Crippen LogP contribution in [0.2, 0.25) is 0 Å². The third-order valence-electron chi connectivity index (χ3n) is 0. The van der Waals surface area contributed by atoms with Crippen LogP contribution in [0.25, 0.3) is 0 Å². The van der Waals surface area contributed by atoms with Crippen LogP contribution >= 0.6 is 49.7 Å². The molecule has 0 aliphatic heterocycles. The summed E-state index contributed by atoms with van der Waals surface area (Å²) in [5.74, 6) is 0. The van der Waals surface area contributed by atoms with Gasteiger partial charge in [0.05, 0.1) is 0 Å². The quantitative estimate of drug-likeness (QED) is 0.549. The number of hydrogen-bond acceptors (Lipinski definition) is 0. The fraction of sp³-hybridized carbons (Fsp3) is 0. The summed E-state index contributed by atoms with van der Waals surface area (Å²) in [6, 6.07) is 0. The van der Waals surface area contributed by atoms with Crippen LogP contribution in [-0.4, -0.2) is 0 Å². The van der Waals surface area contributed by atoms with Crippen LogP contribution in [0.5, 0.6) is 0 Å². The third kappa shape index (κ3) is 8.92. The standard InChI is InChI=1S/FI3/c1-4(2)3. The summed E-state index contributed by atoms with van der Waals surface area (Å²) in [5.41, 5.74) is 0. The van der Waals surface area contributed by atoms with Crippen molar-refractivity contribution in [3.63, 3.8) is 0 Å². The molecule has 0 aromatic carbocycles. The van der Waals surface area contributed by atoms with Crippen LogP contribution in [0.1, 0.15) is 0 Å². The summed E-state index contributed by atoms with van der Waals surface area (Å²) in [5, 5.41) is 0. The minimum absolute atomic E-state index is 1.82. The van der Waals surface area contributed by atoms with Crippen molar-refractivity contribution in [1.82, 2.24) is 0 Å². The molecule has 0 bridgehead atoms. The Bertz CT molecular complexity index is 8.00. The molecule has 0 saturated carbocycles. The third-order valence-corrected chi connectivity index (χ3v) is 0. The van der Waals surface area contributed by atoms with E-state index in [9.17, 15) is 2.86 Å². The van der Waals surface area contributed by atoms with E-state index >= 15 is 0 Å². The first-order chi connectivity index (χ1) is 1.73. The number of halogens is 4. The van der Waals surface area contributed by atoms with Crippen molar-refractivity contribution in [1.29, 1.82) is 0 Å². The van der Waals surface area contributed by atoms with Crippen molar-refractivity contribution in [2.24, 2.45) is 0 Å². The molecule has 0 amide bonds. The van der Waals surface area contributed by atoms with E-state index in [2.05, 4.69) is 0 Å². The summed E-state index contributed by atoms with van der Waals surface area (Å²) in [7, 11) is 0. The van der Waals surface area contributed by atoms with Crippen LogP contribution < -0.4 is 0 Å². The Morgan fingerprint density at radius 2 is 1.50 bits per heavy atom. The molecular weight excluding hydrogens is 400 g/mol. The van der Waals surface area contributed by atoms with E-state index in [-0.39, 0.29) is 0 Å². The van der Waals surface area contributed by atoms with Gasteiger partial charge in [0.1, 0.15) is 0 Å². The van der Waals surface area contributed by atoms with E-state index in [0.29, 0.717) is 0 Å². The molecule has 4 heavy (non-hydrogen) atoms. The molecule has 0 atom stereocenters. The Morgan fingerprint density at radius 3 is 1.50 bits per heavy atom. The fourth-order valence-electron chi connectivity index (χ4n) is 0. The van der Waals surface area contributed by atoms with Crippen molar-refractivity contribution < 1.29 is 2.86 Å². The molecule has 0 heterocycles. The predicted molar refractivity (Wildman–Crippen MR) is 43.2 cm³/mol. The van der Waals surface area contributed by atoms with Crippen LogP contribution in [0.15, 0.2) is 0 Å². The molecule has 0 aromatic rings. The molecule has 0 fully saturated rings. The van der Waals surface area contributed by atoms with E-state index in [1.807, 2.05) is 37.2 Å². The van der Waals surface area contributed by atoms with Gasteiger partial charge in [-0.15, -0.1) is 0 Å². The van der Waals surface area contributed by atoms with Crippen LogP contribution in [-0.2, 0) is 0 Å². The van der Waals surface area contributed by atoms with Gasteiger partial charge in [0.15, 0.2) is 0 Å². The van der Waals surface area contributed by atoms with Gasteiger partial charge in [0.2, 0.25) is 0 Å². The van der Waals surface area contributed by atoms with Gasteiger partial charge in [-0.3, -0.25) is 0 Å². The first kappa shape index (κ1) is 6.12. The zero-order valence-corrected chi connectivity index (χ0v) is 7.98. The first-order valence-electron chi connectivity index (χ1n) is 0.429. The maximum atomic E-state index is 11.1. The number of rotatable bonds is 0. The zero-order chi connectivity index (χ0) is 3.58. The van der Waals surface area contributed by atoms with Gasteiger partial charge >= 0.3 is 52.5 Å². The molecule has 0 nitrogen and oxygen atoms in total. The van der Waals surface area contributed by atoms with Crippen LogP contribution in [0, 0.1) is 0 Å². The maximum absolute atomic E-state index is 11.1. The molecule has 0 aliphatic carbocycles. The first-order valence-corrected chi connectivity index (χ1v) is 13.8. The second-order valence-electron chi connectivity index (χ2n) is 0.162. The Balaban J connectivity index is 2.32. The van der Waals surface area contributed by atoms with Crippen molar-refractivity contribution in [3.05, 3.63) is 0 Å². The van der Waals surface area contributed by atoms with E-state index in [1.165, 1.54) is 0 Å². The molecule has 0 aromatic heterocycles. The van der Waals surface area contributed by atoms with E-state index < -0.39 is 12.4 Å². The normalized spacial score (nSPS) is 11.2. The molecule has 0 N–H and O–H groups in total. The molecule has 0 unspecified atom stereocenters. The van der Waals surface area contributed by atoms with E-state index in [0.717, 1.165) is 0 Å². The summed E-state index contributed by atoms with van der Waals surface area (Å²) >= 11 is 1.82. The SMILES string of the molecule is FI(I)I. The zero-order valence-electron chi connectivity index (χ0n) is 1.51. The van der Waals surface area contributed by atoms with Crippen molar-refractivity contribution in [2.75, 3.05) is 0 Å². The average Bonchev–Trinajstić information content (AvgIpc) is 0.811. The van der Waals surface area contributed by atoms with Crippen molar-refractivity contribution in [3.8, 4) is 0 Å².